The smallest absolute Gasteiger partial charge is 0.317 e. The monoisotopic (exact) mass is 373 g/mol. The van der Waals surface area contributed by atoms with Crippen molar-refractivity contribution in [2.75, 3.05) is 10.6 Å². The molecule has 1 saturated carbocycles. The highest BCUT2D eigenvalue weighted by Crippen LogP contribution is 2.36. The number of nitrogens with one attached hydrogen (secondary N) is 2. The number of rotatable bonds is 4. The van der Waals surface area contributed by atoms with E-state index in [-0.39, 0.29) is 11.9 Å². The zero-order valence-corrected chi connectivity index (χ0v) is 15.1. The normalized spacial score (nSPS) is 19.1. The van der Waals surface area contributed by atoms with Crippen molar-refractivity contribution in [3.05, 3.63) is 71.6 Å². The molecule has 1 fully saturated rings. The van der Waals surface area contributed by atoms with E-state index in [2.05, 4.69) is 20.8 Å². The van der Waals surface area contributed by atoms with Crippen LogP contribution in [0.3, 0.4) is 0 Å². The highest BCUT2D eigenvalue weighted by molar-refractivity contribution is 6.19. The number of para-hydroxylation sites is 1. The van der Waals surface area contributed by atoms with Gasteiger partial charge in [-0.3, -0.25) is 4.79 Å². The van der Waals surface area contributed by atoms with Gasteiger partial charge in [0.05, 0.1) is 11.4 Å². The van der Waals surface area contributed by atoms with Crippen LogP contribution in [0.2, 0.25) is 0 Å². The van der Waals surface area contributed by atoms with E-state index in [9.17, 15) is 4.79 Å². The number of hydrogen-bond donors (Lipinski definition) is 2. The van der Waals surface area contributed by atoms with Crippen LogP contribution in [-0.2, 0) is 4.79 Å². The molecule has 2 aliphatic rings. The zero-order valence-electron chi connectivity index (χ0n) is 15.1. The summed E-state index contributed by atoms with van der Waals surface area (Å²) < 4.78 is 5.71. The number of benzodiazepines with no additional fused rings is 1. The Morgan fingerprint density at radius 3 is 2.57 bits per heavy atom. The van der Waals surface area contributed by atoms with Gasteiger partial charge >= 0.3 is 6.01 Å². The molecule has 0 radical (unpaired) electrons. The first-order chi connectivity index (χ1) is 13.8. The first kappa shape index (κ1) is 16.7. The number of nitrogens with zero attached hydrogens (tertiary/aromatic N) is 3. The Hall–Kier alpha value is -3.48. The molecule has 1 amide bonds. The Morgan fingerprint density at radius 1 is 1.00 bits per heavy atom. The number of amides is 1. The summed E-state index contributed by atoms with van der Waals surface area (Å²) in [6.07, 6.45) is 2.44. The number of aromatic nitrogens is 2. The maximum atomic E-state index is 12.8. The van der Waals surface area contributed by atoms with Crippen molar-refractivity contribution in [2.45, 2.75) is 31.3 Å². The number of benzene rings is 2. The van der Waals surface area contributed by atoms with Crippen molar-refractivity contribution in [3.8, 4) is 0 Å². The molecule has 1 aromatic heterocycles. The predicted molar refractivity (Wildman–Crippen MR) is 105 cm³/mol. The average molecular weight is 373 g/mol. The van der Waals surface area contributed by atoms with Crippen LogP contribution in [0.5, 0.6) is 0 Å². The minimum atomic E-state index is -0.878. The van der Waals surface area contributed by atoms with Crippen LogP contribution in [-0.4, -0.2) is 28.0 Å². The molecule has 1 aliphatic carbocycles. The molecule has 0 saturated heterocycles. The zero-order chi connectivity index (χ0) is 18.9. The molecule has 7 heteroatoms. The second kappa shape index (κ2) is 6.92. The lowest BCUT2D eigenvalue weighted by atomic mass is 9.85. The van der Waals surface area contributed by atoms with Crippen LogP contribution in [0, 0.1) is 0 Å². The van der Waals surface area contributed by atoms with Crippen LogP contribution in [0.1, 0.15) is 42.2 Å². The van der Waals surface area contributed by atoms with Gasteiger partial charge in [-0.25, -0.2) is 4.99 Å². The molecule has 2 N–H and O–H groups in total. The fraction of sp³-hybridized carbons (Fsp3) is 0.238. The summed E-state index contributed by atoms with van der Waals surface area (Å²) in [7, 11) is 0. The topological polar surface area (TPSA) is 92.4 Å². The molecule has 1 unspecified atom stereocenters. The van der Waals surface area contributed by atoms with Gasteiger partial charge in [0.2, 0.25) is 12.1 Å². The van der Waals surface area contributed by atoms with Crippen LogP contribution in [0.25, 0.3) is 0 Å². The number of fused-ring (bicyclic) bond motifs is 1. The number of carbonyl (C=O) groups is 1. The Balaban J connectivity index is 1.51. The van der Waals surface area contributed by atoms with E-state index < -0.39 is 6.17 Å². The number of hydrogen-bond acceptors (Lipinski definition) is 6. The number of anilines is 2. The van der Waals surface area contributed by atoms with Gasteiger partial charge in [-0.15, -0.1) is 5.10 Å². The van der Waals surface area contributed by atoms with Gasteiger partial charge in [0, 0.05) is 17.0 Å². The molecule has 2 heterocycles. The minimum Gasteiger partial charge on any atom is -0.408 e. The maximum Gasteiger partial charge on any atom is 0.317 e. The van der Waals surface area contributed by atoms with Crippen molar-refractivity contribution in [1.29, 1.82) is 0 Å². The van der Waals surface area contributed by atoms with Crippen molar-refractivity contribution < 1.29 is 9.21 Å². The molecule has 1 atom stereocenters. The van der Waals surface area contributed by atoms with E-state index in [1.54, 1.807) is 0 Å². The molecule has 140 valence electrons. The molecular weight excluding hydrogens is 354 g/mol. The molecule has 5 rings (SSSR count). The van der Waals surface area contributed by atoms with E-state index in [1.165, 1.54) is 6.42 Å². The van der Waals surface area contributed by atoms with Gasteiger partial charge in [-0.1, -0.05) is 60.1 Å². The van der Waals surface area contributed by atoms with Gasteiger partial charge < -0.3 is 15.1 Å². The Labute approximate surface area is 161 Å². The van der Waals surface area contributed by atoms with Crippen LogP contribution < -0.4 is 10.6 Å². The van der Waals surface area contributed by atoms with Crippen LogP contribution in [0.15, 0.2) is 64.0 Å². The molecule has 2 aromatic carbocycles. The Morgan fingerprint density at radius 2 is 1.79 bits per heavy atom. The Kier molecular flexibility index (Phi) is 4.12. The minimum absolute atomic E-state index is 0.212. The van der Waals surface area contributed by atoms with Crippen molar-refractivity contribution >= 4 is 23.3 Å². The van der Waals surface area contributed by atoms with Crippen LogP contribution in [0.4, 0.5) is 11.7 Å². The fourth-order valence-corrected chi connectivity index (χ4v) is 3.41. The summed E-state index contributed by atoms with van der Waals surface area (Å²) in [5, 5.41) is 14.1. The first-order valence-corrected chi connectivity index (χ1v) is 9.41. The third kappa shape index (κ3) is 3.05. The van der Waals surface area contributed by atoms with Gasteiger partial charge in [0.15, 0.2) is 0 Å². The molecular formula is C21H19N5O2. The summed E-state index contributed by atoms with van der Waals surface area (Å²) in [6, 6.07) is 17.7. The average Bonchev–Trinajstić information content (AvgIpc) is 3.07. The second-order valence-electron chi connectivity index (χ2n) is 7.00. The van der Waals surface area contributed by atoms with E-state index >= 15 is 0 Å². The summed E-state index contributed by atoms with van der Waals surface area (Å²) in [5.74, 6) is 0.679. The molecule has 0 bridgehead atoms. The lowest BCUT2D eigenvalue weighted by Gasteiger charge is -2.20. The first-order valence-electron chi connectivity index (χ1n) is 9.41. The van der Waals surface area contributed by atoms with Gasteiger partial charge in [0.25, 0.3) is 5.91 Å². The van der Waals surface area contributed by atoms with Crippen LogP contribution >= 0.6 is 0 Å². The van der Waals surface area contributed by atoms with Crippen molar-refractivity contribution in [3.63, 3.8) is 0 Å². The summed E-state index contributed by atoms with van der Waals surface area (Å²) in [5.41, 5.74) is 3.25. The molecule has 3 aromatic rings. The van der Waals surface area contributed by atoms with Crippen molar-refractivity contribution in [1.82, 2.24) is 10.2 Å². The van der Waals surface area contributed by atoms with E-state index in [1.807, 2.05) is 54.6 Å². The third-order valence-electron chi connectivity index (χ3n) is 5.15. The van der Waals surface area contributed by atoms with Gasteiger partial charge in [-0.2, -0.15) is 0 Å². The molecule has 7 nitrogen and oxygen atoms in total. The standard InChI is InChI=1S/C21H19N5O2/c27-19-18(24-21-26-25-20(28-21)14-9-6-10-14)23-17(13-7-2-1-3-8-13)15-11-4-5-12-16(15)22-19/h1-5,7-8,11-12,14,18H,6,9-10H2,(H,22,27)(H,24,26). The highest BCUT2D eigenvalue weighted by atomic mass is 16.4. The number of aliphatic imine (C=N–C) groups is 1. The number of carbonyl (C=O) groups excluding carboxylic acids is 1. The molecule has 28 heavy (non-hydrogen) atoms. The maximum absolute atomic E-state index is 12.8. The summed E-state index contributed by atoms with van der Waals surface area (Å²) >= 11 is 0. The third-order valence-corrected chi connectivity index (χ3v) is 5.15. The molecule has 1 aliphatic heterocycles. The summed E-state index contributed by atoms with van der Waals surface area (Å²) in [6.45, 7) is 0. The largest absolute Gasteiger partial charge is 0.408 e. The van der Waals surface area contributed by atoms with Gasteiger partial charge in [-0.05, 0) is 18.9 Å². The fourth-order valence-electron chi connectivity index (χ4n) is 3.41. The second-order valence-corrected chi connectivity index (χ2v) is 7.00. The van der Waals surface area contributed by atoms with Gasteiger partial charge in [0.1, 0.15) is 0 Å². The van der Waals surface area contributed by atoms with E-state index in [4.69, 9.17) is 9.41 Å². The lowest BCUT2D eigenvalue weighted by Crippen LogP contribution is -2.32. The van der Waals surface area contributed by atoms with Crippen molar-refractivity contribution in [2.24, 2.45) is 4.99 Å². The Bertz CT molecular complexity index is 1040. The quantitative estimate of drug-likeness (QED) is 0.729. The SMILES string of the molecule is O=C1Nc2ccccc2C(c2ccccc2)=NC1Nc1nnc(C2CCC2)o1. The molecule has 0 spiro atoms. The highest BCUT2D eigenvalue weighted by Gasteiger charge is 2.29. The van der Waals surface area contributed by atoms with E-state index in [0.29, 0.717) is 11.8 Å². The lowest BCUT2D eigenvalue weighted by molar-refractivity contribution is -0.116. The summed E-state index contributed by atoms with van der Waals surface area (Å²) in [4.78, 5) is 17.5. The van der Waals surface area contributed by atoms with E-state index in [0.717, 1.165) is 35.4 Å². The predicted octanol–water partition coefficient (Wildman–Crippen LogP) is 3.56.